The maximum atomic E-state index is 14.3. The third kappa shape index (κ3) is 6.25. The fourth-order valence-electron chi connectivity index (χ4n) is 4.93. The van der Waals surface area contributed by atoms with Crippen LogP contribution in [0.5, 0.6) is 0 Å². The van der Waals surface area contributed by atoms with E-state index >= 15 is 0 Å². The Balaban J connectivity index is 0.000000167. The van der Waals surface area contributed by atoms with Gasteiger partial charge >= 0.3 is 0 Å². The molecule has 0 atom stereocenters. The molecule has 0 unspecified atom stereocenters. The van der Waals surface area contributed by atoms with Crippen LogP contribution in [0.2, 0.25) is 0 Å². The Morgan fingerprint density at radius 3 is 1.53 bits per heavy atom. The first-order chi connectivity index (χ1) is 22.1. The first-order valence-corrected chi connectivity index (χ1v) is 15.1. The topological polar surface area (TPSA) is 87.2 Å². The summed E-state index contributed by atoms with van der Waals surface area (Å²) in [6.45, 7) is 2.13. The second-order valence-electron chi connectivity index (χ2n) is 9.77. The quantitative estimate of drug-likeness (QED) is 0.164. The van der Waals surface area contributed by atoms with Gasteiger partial charge in [-0.2, -0.15) is 9.36 Å². The number of aryl methyl sites for hydroxylation is 1. The highest BCUT2D eigenvalue weighted by Crippen LogP contribution is 2.34. The summed E-state index contributed by atoms with van der Waals surface area (Å²) in [5, 5.41) is 23.5. The van der Waals surface area contributed by atoms with Crippen LogP contribution in [0.1, 0.15) is 12.5 Å². The zero-order chi connectivity index (χ0) is 31.2. The zero-order valence-corrected chi connectivity index (χ0v) is 26.1. The van der Waals surface area contributed by atoms with Crippen molar-refractivity contribution in [3.8, 4) is 45.3 Å². The molecule has 0 saturated carbocycles. The molecule has 0 N–H and O–H groups in total. The molecular weight excluding hydrogens is 685 g/mol. The summed E-state index contributed by atoms with van der Waals surface area (Å²) in [6.07, 6.45) is 0.919. The predicted molar refractivity (Wildman–Crippen MR) is 177 cm³/mol. The van der Waals surface area contributed by atoms with E-state index < -0.39 is 0 Å². The van der Waals surface area contributed by atoms with E-state index in [1.165, 1.54) is 27.1 Å². The Morgan fingerprint density at radius 2 is 0.978 bits per heavy atom. The van der Waals surface area contributed by atoms with Gasteiger partial charge in [-0.25, -0.2) is 8.78 Å². The van der Waals surface area contributed by atoms with Crippen LogP contribution in [0.3, 0.4) is 0 Å². The molecule has 7 aromatic rings. The lowest BCUT2D eigenvalue weighted by Gasteiger charge is -2.13. The van der Waals surface area contributed by atoms with Crippen molar-refractivity contribution in [2.24, 2.45) is 0 Å². The molecule has 2 heterocycles. The molecule has 0 fully saturated rings. The number of tetrazole rings is 2. The molecule has 5 aromatic carbocycles. The minimum atomic E-state index is -0.368. The smallest absolute Gasteiger partial charge is 0.188 e. The van der Waals surface area contributed by atoms with E-state index in [0.29, 0.717) is 23.0 Å². The van der Waals surface area contributed by atoms with E-state index in [1.54, 1.807) is 36.4 Å². The second kappa shape index (κ2) is 13.6. The number of nitrogens with zero attached hydrogens (tertiary/aromatic N) is 8. The Kier molecular flexibility index (Phi) is 9.06. The van der Waals surface area contributed by atoms with Crippen molar-refractivity contribution >= 4 is 22.6 Å². The van der Waals surface area contributed by atoms with Crippen molar-refractivity contribution in [1.82, 2.24) is 40.4 Å². The lowest BCUT2D eigenvalue weighted by molar-refractivity contribution is 0.607. The molecule has 0 saturated heterocycles. The third-order valence-corrected chi connectivity index (χ3v) is 8.01. The lowest BCUT2D eigenvalue weighted by atomic mass is 9.94. The summed E-state index contributed by atoms with van der Waals surface area (Å²) < 4.78 is 32.0. The summed E-state index contributed by atoms with van der Waals surface area (Å²) in [5.74, 6) is 0.307. The SMILES string of the molecule is CCc1ccccc1-c1ccccc1-c1nnnn1-c1ccccc1F.Fc1ccccc1-n1nnnc1-c1ccccc1I. The summed E-state index contributed by atoms with van der Waals surface area (Å²) >= 11 is 2.20. The van der Waals surface area contributed by atoms with Crippen molar-refractivity contribution in [3.63, 3.8) is 0 Å². The summed E-state index contributed by atoms with van der Waals surface area (Å²) in [6, 6.07) is 36.8. The molecule has 0 aliphatic heterocycles. The van der Waals surface area contributed by atoms with Gasteiger partial charge in [-0.1, -0.05) is 97.9 Å². The Hall–Kier alpha value is -5.17. The molecule has 222 valence electrons. The van der Waals surface area contributed by atoms with Gasteiger partial charge in [0.1, 0.15) is 23.0 Å². The number of rotatable bonds is 6. The van der Waals surface area contributed by atoms with E-state index in [4.69, 9.17) is 0 Å². The first-order valence-electron chi connectivity index (χ1n) is 14.1. The van der Waals surface area contributed by atoms with Crippen LogP contribution in [-0.4, -0.2) is 40.4 Å². The highest BCUT2D eigenvalue weighted by molar-refractivity contribution is 14.1. The normalized spacial score (nSPS) is 10.8. The molecule has 0 aliphatic rings. The van der Waals surface area contributed by atoms with Crippen LogP contribution >= 0.6 is 22.6 Å². The van der Waals surface area contributed by atoms with Crippen molar-refractivity contribution in [1.29, 1.82) is 0 Å². The van der Waals surface area contributed by atoms with Gasteiger partial charge in [0.15, 0.2) is 11.6 Å². The average Bonchev–Trinajstić information content (AvgIpc) is 3.76. The first kappa shape index (κ1) is 29.9. The molecule has 0 amide bonds. The number of aromatic nitrogens is 8. The monoisotopic (exact) mass is 710 g/mol. The number of para-hydroxylation sites is 2. The van der Waals surface area contributed by atoms with Crippen molar-refractivity contribution in [2.45, 2.75) is 13.3 Å². The Morgan fingerprint density at radius 1 is 0.533 bits per heavy atom. The zero-order valence-electron chi connectivity index (χ0n) is 24.0. The molecule has 0 bridgehead atoms. The van der Waals surface area contributed by atoms with Gasteiger partial charge in [0, 0.05) is 14.7 Å². The summed E-state index contributed by atoms with van der Waals surface area (Å²) in [5.41, 5.74) is 5.79. The second-order valence-corrected chi connectivity index (χ2v) is 10.9. The van der Waals surface area contributed by atoms with Crippen LogP contribution < -0.4 is 0 Å². The molecule has 0 aliphatic carbocycles. The number of hydrogen-bond acceptors (Lipinski definition) is 6. The van der Waals surface area contributed by atoms with Gasteiger partial charge in [-0.15, -0.1) is 10.2 Å². The number of hydrogen-bond donors (Lipinski definition) is 0. The molecule has 0 radical (unpaired) electrons. The van der Waals surface area contributed by atoms with Crippen LogP contribution in [0.4, 0.5) is 8.78 Å². The largest absolute Gasteiger partial charge is 0.205 e. The lowest BCUT2D eigenvalue weighted by Crippen LogP contribution is -2.03. The minimum absolute atomic E-state index is 0.325. The third-order valence-electron chi connectivity index (χ3n) is 7.07. The van der Waals surface area contributed by atoms with E-state index in [0.717, 1.165) is 32.2 Å². The van der Waals surface area contributed by atoms with Gasteiger partial charge < -0.3 is 0 Å². The molecule has 11 heteroatoms. The highest BCUT2D eigenvalue weighted by Gasteiger charge is 2.18. The fraction of sp³-hybridized carbons (Fsp3) is 0.0588. The molecular formula is C34H25F2IN8. The molecule has 0 spiro atoms. The summed E-state index contributed by atoms with van der Waals surface area (Å²) in [4.78, 5) is 0. The van der Waals surface area contributed by atoms with E-state index in [2.05, 4.69) is 72.7 Å². The van der Waals surface area contributed by atoms with Crippen molar-refractivity contribution in [2.75, 3.05) is 0 Å². The number of benzene rings is 5. The average molecular weight is 711 g/mol. The van der Waals surface area contributed by atoms with E-state index in [-0.39, 0.29) is 11.6 Å². The molecule has 8 nitrogen and oxygen atoms in total. The van der Waals surface area contributed by atoms with Gasteiger partial charge in [0.2, 0.25) is 0 Å². The standard InChI is InChI=1S/C21H17FN4.C13H8FIN4/c1-2-15-9-3-4-10-16(15)17-11-5-6-12-18(17)21-23-24-25-26(21)20-14-8-7-13-19(20)22;14-10-6-2-4-8-12(10)19-13(16-17-18-19)9-5-1-3-7-11(9)15/h3-14H,2H2,1H3;1-8H. The van der Waals surface area contributed by atoms with Crippen LogP contribution in [0, 0.1) is 15.2 Å². The maximum absolute atomic E-state index is 14.3. The fourth-order valence-corrected chi connectivity index (χ4v) is 5.56. The van der Waals surface area contributed by atoms with Gasteiger partial charge in [-0.3, -0.25) is 0 Å². The predicted octanol–water partition coefficient (Wildman–Crippen LogP) is 7.77. The van der Waals surface area contributed by atoms with Gasteiger partial charge in [-0.05, 0) is 96.9 Å². The van der Waals surface area contributed by atoms with Crippen LogP contribution in [0.15, 0.2) is 121 Å². The minimum Gasteiger partial charge on any atom is -0.205 e. The van der Waals surface area contributed by atoms with Gasteiger partial charge in [0.05, 0.1) is 0 Å². The summed E-state index contributed by atoms with van der Waals surface area (Å²) in [7, 11) is 0. The Bertz CT molecular complexity index is 2010. The highest BCUT2D eigenvalue weighted by atomic mass is 127. The maximum Gasteiger partial charge on any atom is 0.188 e. The van der Waals surface area contributed by atoms with Crippen LogP contribution in [-0.2, 0) is 6.42 Å². The van der Waals surface area contributed by atoms with Crippen LogP contribution in [0.25, 0.3) is 45.3 Å². The van der Waals surface area contributed by atoms with E-state index in [9.17, 15) is 8.78 Å². The number of halogens is 3. The molecule has 7 rings (SSSR count). The molecule has 2 aromatic heterocycles. The van der Waals surface area contributed by atoms with Crippen molar-refractivity contribution < 1.29 is 8.78 Å². The van der Waals surface area contributed by atoms with Gasteiger partial charge in [0.25, 0.3) is 0 Å². The van der Waals surface area contributed by atoms with Crippen molar-refractivity contribution in [3.05, 3.63) is 142 Å². The Labute approximate surface area is 271 Å². The van der Waals surface area contributed by atoms with E-state index in [1.807, 2.05) is 60.7 Å². The molecule has 45 heavy (non-hydrogen) atoms.